The summed E-state index contributed by atoms with van der Waals surface area (Å²) in [4.78, 5) is 3.13. The molecule has 17 heavy (non-hydrogen) atoms. The number of aryl methyl sites for hydroxylation is 4. The predicted octanol–water partition coefficient (Wildman–Crippen LogP) is 5.47. The van der Waals surface area contributed by atoms with Crippen LogP contribution in [-0.2, 0) is 0 Å². The van der Waals surface area contributed by atoms with Gasteiger partial charge >= 0.3 is 0 Å². The van der Waals surface area contributed by atoms with Gasteiger partial charge in [0.05, 0.1) is 4.83 Å². The summed E-state index contributed by atoms with van der Waals surface area (Å²) in [6, 6.07) is 8.93. The summed E-state index contributed by atoms with van der Waals surface area (Å²) in [5.41, 5.74) is 5.44. The first-order valence-electron chi connectivity index (χ1n) is 5.77. The molecule has 0 saturated carbocycles. The molecule has 1 atom stereocenters. The molecule has 0 fully saturated rings. The van der Waals surface area contributed by atoms with Crippen molar-refractivity contribution in [1.29, 1.82) is 0 Å². The van der Waals surface area contributed by atoms with Gasteiger partial charge in [-0.15, -0.1) is 11.3 Å². The molecule has 0 N–H and O–H groups in total. The highest BCUT2D eigenvalue weighted by Crippen LogP contribution is 2.39. The van der Waals surface area contributed by atoms with E-state index < -0.39 is 0 Å². The smallest absolute Gasteiger partial charge is 0.0743 e. The Kier molecular flexibility index (Phi) is 3.74. The van der Waals surface area contributed by atoms with Gasteiger partial charge < -0.3 is 0 Å². The minimum Gasteiger partial charge on any atom is -0.144 e. The van der Waals surface area contributed by atoms with Gasteiger partial charge in [-0.05, 0) is 50.5 Å². The van der Waals surface area contributed by atoms with Crippen molar-refractivity contribution in [2.75, 3.05) is 0 Å². The minimum atomic E-state index is 0.321. The first-order chi connectivity index (χ1) is 7.99. The lowest BCUT2D eigenvalue weighted by atomic mass is 10.0. The number of hydrogen-bond donors (Lipinski definition) is 0. The van der Waals surface area contributed by atoms with Crippen LogP contribution >= 0.6 is 27.3 Å². The Labute approximate surface area is 116 Å². The fourth-order valence-electron chi connectivity index (χ4n) is 2.16. The Morgan fingerprint density at radius 2 is 1.71 bits per heavy atom. The molecule has 2 heteroatoms. The monoisotopic (exact) mass is 308 g/mol. The summed E-state index contributed by atoms with van der Waals surface area (Å²) in [6.07, 6.45) is 0. The Hall–Kier alpha value is -0.600. The van der Waals surface area contributed by atoms with Crippen LogP contribution in [0.15, 0.2) is 24.3 Å². The third-order valence-electron chi connectivity index (χ3n) is 3.01. The molecule has 0 aliphatic rings. The molecule has 90 valence electrons. The summed E-state index contributed by atoms with van der Waals surface area (Å²) in [5, 5.41) is 0. The number of rotatable bonds is 2. The lowest BCUT2D eigenvalue weighted by Crippen LogP contribution is -1.95. The fourth-order valence-corrected chi connectivity index (χ4v) is 4.35. The third kappa shape index (κ3) is 2.63. The average Bonchev–Trinajstić information content (AvgIpc) is 2.57. The van der Waals surface area contributed by atoms with Crippen molar-refractivity contribution in [3.8, 4) is 0 Å². The van der Waals surface area contributed by atoms with E-state index in [1.165, 1.54) is 32.0 Å². The highest BCUT2D eigenvalue weighted by molar-refractivity contribution is 9.09. The first kappa shape index (κ1) is 12.8. The fraction of sp³-hybridized carbons (Fsp3) is 0.333. The number of thiophene rings is 1. The molecule has 1 aromatic heterocycles. The van der Waals surface area contributed by atoms with Gasteiger partial charge in [0.25, 0.3) is 0 Å². The van der Waals surface area contributed by atoms with Crippen LogP contribution in [0.25, 0.3) is 0 Å². The van der Waals surface area contributed by atoms with E-state index in [4.69, 9.17) is 0 Å². The van der Waals surface area contributed by atoms with E-state index >= 15 is 0 Å². The molecule has 1 aromatic carbocycles. The Balaban J connectivity index is 2.43. The highest BCUT2D eigenvalue weighted by Gasteiger charge is 2.17. The Bertz CT molecular complexity index is 540. The van der Waals surface area contributed by atoms with Gasteiger partial charge in [0, 0.05) is 9.75 Å². The van der Waals surface area contributed by atoms with Gasteiger partial charge in [0.2, 0.25) is 0 Å². The second-order valence-corrected chi connectivity index (χ2v) is 6.83. The van der Waals surface area contributed by atoms with Crippen molar-refractivity contribution in [3.63, 3.8) is 0 Å². The summed E-state index contributed by atoms with van der Waals surface area (Å²) in [7, 11) is 0. The maximum atomic E-state index is 3.84. The van der Waals surface area contributed by atoms with Gasteiger partial charge in [0.1, 0.15) is 0 Å². The maximum Gasteiger partial charge on any atom is 0.0743 e. The molecule has 2 aromatic rings. The van der Waals surface area contributed by atoms with Crippen LogP contribution in [0.5, 0.6) is 0 Å². The summed E-state index contributed by atoms with van der Waals surface area (Å²) >= 11 is 5.73. The number of benzene rings is 1. The minimum absolute atomic E-state index is 0.321. The van der Waals surface area contributed by atoms with Crippen LogP contribution in [0, 0.1) is 27.7 Å². The van der Waals surface area contributed by atoms with Crippen LogP contribution in [0.1, 0.15) is 36.8 Å². The van der Waals surface area contributed by atoms with Gasteiger partial charge in [-0.25, -0.2) is 0 Å². The molecule has 0 aliphatic carbocycles. The summed E-state index contributed by atoms with van der Waals surface area (Å²) in [5.74, 6) is 0. The van der Waals surface area contributed by atoms with Crippen LogP contribution in [0.2, 0.25) is 0 Å². The first-order valence-corrected chi connectivity index (χ1v) is 7.50. The van der Waals surface area contributed by atoms with E-state index in [-0.39, 0.29) is 0 Å². The van der Waals surface area contributed by atoms with Gasteiger partial charge in [-0.3, -0.25) is 0 Å². The molecule has 2 rings (SSSR count). The number of alkyl halides is 1. The zero-order valence-corrected chi connectivity index (χ0v) is 13.1. The molecule has 0 bridgehead atoms. The van der Waals surface area contributed by atoms with E-state index in [9.17, 15) is 0 Å². The SMILES string of the molecule is Cc1ccc(C(Br)c2sc(C)cc2C)c(C)c1. The molecule has 1 heterocycles. The van der Waals surface area contributed by atoms with Gasteiger partial charge in [0.15, 0.2) is 0 Å². The molecule has 0 saturated heterocycles. The molecule has 0 nitrogen and oxygen atoms in total. The standard InChI is InChI=1S/C15H17BrS/c1-9-5-6-13(10(2)7-9)14(16)15-11(3)8-12(4)17-15/h5-8,14H,1-4H3. The third-order valence-corrected chi connectivity index (χ3v) is 5.48. The van der Waals surface area contributed by atoms with Crippen LogP contribution in [0.4, 0.5) is 0 Å². The summed E-state index contributed by atoms with van der Waals surface area (Å²) < 4.78 is 0. The molecule has 0 spiro atoms. The largest absolute Gasteiger partial charge is 0.144 e. The van der Waals surface area contributed by atoms with E-state index in [2.05, 4.69) is 67.9 Å². The number of hydrogen-bond acceptors (Lipinski definition) is 1. The molecular formula is C15H17BrS. The zero-order chi connectivity index (χ0) is 12.6. The van der Waals surface area contributed by atoms with Crippen LogP contribution < -0.4 is 0 Å². The van der Waals surface area contributed by atoms with E-state index in [1.807, 2.05) is 11.3 Å². The normalized spacial score (nSPS) is 12.8. The average molecular weight is 309 g/mol. The van der Waals surface area contributed by atoms with Crippen molar-refractivity contribution in [1.82, 2.24) is 0 Å². The van der Waals surface area contributed by atoms with Crippen LogP contribution in [0.3, 0.4) is 0 Å². The second-order valence-electron chi connectivity index (χ2n) is 4.63. The van der Waals surface area contributed by atoms with Crippen LogP contribution in [-0.4, -0.2) is 0 Å². The van der Waals surface area contributed by atoms with E-state index in [1.54, 1.807) is 0 Å². The Morgan fingerprint density at radius 3 is 2.24 bits per heavy atom. The zero-order valence-electron chi connectivity index (χ0n) is 10.7. The predicted molar refractivity (Wildman–Crippen MR) is 80.5 cm³/mol. The van der Waals surface area contributed by atoms with Crippen molar-refractivity contribution in [2.24, 2.45) is 0 Å². The lowest BCUT2D eigenvalue weighted by molar-refractivity contribution is 1.15. The van der Waals surface area contributed by atoms with Crippen molar-refractivity contribution in [2.45, 2.75) is 32.5 Å². The van der Waals surface area contributed by atoms with E-state index in [0.29, 0.717) is 4.83 Å². The highest BCUT2D eigenvalue weighted by atomic mass is 79.9. The summed E-state index contributed by atoms with van der Waals surface area (Å²) in [6.45, 7) is 8.69. The molecule has 0 radical (unpaired) electrons. The Morgan fingerprint density at radius 1 is 1.00 bits per heavy atom. The van der Waals surface area contributed by atoms with Crippen molar-refractivity contribution < 1.29 is 0 Å². The quantitative estimate of drug-likeness (QED) is 0.646. The maximum absolute atomic E-state index is 3.84. The lowest BCUT2D eigenvalue weighted by Gasteiger charge is -2.13. The molecule has 0 aliphatic heterocycles. The van der Waals surface area contributed by atoms with Gasteiger partial charge in [-0.2, -0.15) is 0 Å². The molecule has 0 amide bonds. The van der Waals surface area contributed by atoms with Crippen molar-refractivity contribution >= 4 is 27.3 Å². The van der Waals surface area contributed by atoms with Gasteiger partial charge in [-0.1, -0.05) is 39.7 Å². The number of halogens is 1. The topological polar surface area (TPSA) is 0 Å². The molecule has 1 unspecified atom stereocenters. The second kappa shape index (κ2) is 4.95. The van der Waals surface area contributed by atoms with Crippen molar-refractivity contribution in [3.05, 3.63) is 56.3 Å². The van der Waals surface area contributed by atoms with E-state index in [0.717, 1.165) is 0 Å². The molecular weight excluding hydrogens is 292 g/mol.